The number of pyridine rings is 1. The van der Waals surface area contributed by atoms with Crippen molar-refractivity contribution in [3.8, 4) is 10.6 Å². The third-order valence-corrected chi connectivity index (χ3v) is 4.08. The first-order valence-electron chi connectivity index (χ1n) is 4.78. The van der Waals surface area contributed by atoms with Crippen LogP contribution in [-0.4, -0.2) is 20.5 Å². The highest BCUT2D eigenvalue weighted by molar-refractivity contribution is 7.85. The van der Waals surface area contributed by atoms with E-state index in [9.17, 15) is 8.42 Å². The van der Waals surface area contributed by atoms with Gasteiger partial charge in [-0.25, -0.2) is 4.98 Å². The van der Waals surface area contributed by atoms with E-state index in [-0.39, 0.29) is 5.88 Å². The molecule has 0 spiro atoms. The second kappa shape index (κ2) is 4.91. The van der Waals surface area contributed by atoms with Gasteiger partial charge >= 0.3 is 10.1 Å². The highest BCUT2D eigenvalue weighted by atomic mass is 32.2. The molecule has 0 aliphatic rings. The van der Waals surface area contributed by atoms with Crippen LogP contribution in [0.25, 0.3) is 10.6 Å². The molecule has 2 rings (SSSR count). The Bertz CT molecular complexity index is 577. The lowest BCUT2D eigenvalue weighted by Crippen LogP contribution is -2.37. The van der Waals surface area contributed by atoms with E-state index in [4.69, 9.17) is 0 Å². The molecule has 17 heavy (non-hydrogen) atoms. The van der Waals surface area contributed by atoms with E-state index in [1.807, 2.05) is 17.5 Å². The first kappa shape index (κ1) is 12.2. The number of aromatic nitrogens is 2. The Labute approximate surface area is 103 Å². The van der Waals surface area contributed by atoms with Gasteiger partial charge in [-0.05, 0) is 0 Å². The summed E-state index contributed by atoms with van der Waals surface area (Å²) in [4.78, 5) is 4.17. The Balaban J connectivity index is 2.19. The molecule has 2 aromatic rings. The number of hydrogen-bond donors (Lipinski definition) is 0. The molecule has 0 aliphatic carbocycles. The Morgan fingerprint density at radius 1 is 1.41 bits per heavy atom. The zero-order chi connectivity index (χ0) is 12.3. The molecule has 2 aromatic heterocycles. The lowest BCUT2D eigenvalue weighted by atomic mass is 10.3. The summed E-state index contributed by atoms with van der Waals surface area (Å²) in [6.07, 6.45) is 5.11. The van der Waals surface area contributed by atoms with Crippen LogP contribution in [0.1, 0.15) is 0 Å². The standard InChI is InChI=1S/C10H11N2O3S2/c1-15-17(13,14)8-12-5-2-9(3-6-12)10-11-4-7-16-10/h2-7H,8H2,1H3/q+1. The molecule has 0 fully saturated rings. The van der Waals surface area contributed by atoms with E-state index < -0.39 is 10.1 Å². The van der Waals surface area contributed by atoms with Crippen LogP contribution < -0.4 is 4.57 Å². The van der Waals surface area contributed by atoms with E-state index in [1.165, 1.54) is 15.9 Å². The average molecular weight is 271 g/mol. The summed E-state index contributed by atoms with van der Waals surface area (Å²) < 4.78 is 28.4. The van der Waals surface area contributed by atoms with Crippen molar-refractivity contribution in [1.29, 1.82) is 0 Å². The topological polar surface area (TPSA) is 60.1 Å². The van der Waals surface area contributed by atoms with Crippen LogP contribution in [0.5, 0.6) is 0 Å². The summed E-state index contributed by atoms with van der Waals surface area (Å²) in [5.74, 6) is -0.193. The largest absolute Gasteiger partial charge is 0.329 e. The minimum Gasteiger partial charge on any atom is -0.269 e. The first-order valence-corrected chi connectivity index (χ1v) is 7.24. The average Bonchev–Trinajstić information content (AvgIpc) is 2.83. The van der Waals surface area contributed by atoms with Crippen molar-refractivity contribution in [3.63, 3.8) is 0 Å². The van der Waals surface area contributed by atoms with Gasteiger partial charge in [-0.2, -0.15) is 13.0 Å². The number of nitrogens with zero attached hydrogens (tertiary/aromatic N) is 2. The van der Waals surface area contributed by atoms with Crippen molar-refractivity contribution in [3.05, 3.63) is 36.1 Å². The summed E-state index contributed by atoms with van der Waals surface area (Å²) in [6, 6.07) is 3.65. The van der Waals surface area contributed by atoms with Crippen LogP contribution in [0.2, 0.25) is 0 Å². The van der Waals surface area contributed by atoms with Gasteiger partial charge in [0.05, 0.1) is 7.11 Å². The fourth-order valence-corrected chi connectivity index (χ4v) is 2.57. The summed E-state index contributed by atoms with van der Waals surface area (Å²) in [5.41, 5.74) is 0.964. The van der Waals surface area contributed by atoms with Gasteiger partial charge in [-0.3, -0.25) is 4.18 Å². The molecule has 0 aromatic carbocycles. The number of hydrogen-bond acceptors (Lipinski definition) is 5. The highest BCUT2D eigenvalue weighted by Crippen LogP contribution is 2.19. The molecular weight excluding hydrogens is 260 g/mol. The highest BCUT2D eigenvalue weighted by Gasteiger charge is 2.15. The lowest BCUT2D eigenvalue weighted by molar-refractivity contribution is -0.678. The van der Waals surface area contributed by atoms with Crippen molar-refractivity contribution in [2.75, 3.05) is 7.11 Å². The minimum absolute atomic E-state index is 0.193. The Morgan fingerprint density at radius 3 is 2.65 bits per heavy atom. The molecule has 0 N–H and O–H groups in total. The van der Waals surface area contributed by atoms with Crippen molar-refractivity contribution in [2.45, 2.75) is 5.88 Å². The van der Waals surface area contributed by atoms with Crippen molar-refractivity contribution in [1.82, 2.24) is 4.98 Å². The first-order chi connectivity index (χ1) is 8.11. The zero-order valence-electron chi connectivity index (χ0n) is 9.11. The third kappa shape index (κ3) is 3.09. The van der Waals surface area contributed by atoms with Crippen LogP contribution in [0.15, 0.2) is 36.1 Å². The van der Waals surface area contributed by atoms with Crippen LogP contribution in [0, 0.1) is 0 Å². The number of rotatable bonds is 4. The molecule has 0 radical (unpaired) electrons. The molecular formula is C10H11N2O3S2+. The third-order valence-electron chi connectivity index (χ3n) is 2.13. The SMILES string of the molecule is COS(=O)(=O)C[n+]1ccc(-c2nccs2)cc1. The summed E-state index contributed by atoms with van der Waals surface area (Å²) in [5, 5.41) is 2.80. The van der Waals surface area contributed by atoms with Gasteiger partial charge in [-0.15, -0.1) is 11.3 Å². The van der Waals surface area contributed by atoms with Crippen molar-refractivity contribution in [2.24, 2.45) is 0 Å². The smallest absolute Gasteiger partial charge is 0.269 e. The maximum absolute atomic E-state index is 11.2. The van der Waals surface area contributed by atoms with E-state index in [2.05, 4.69) is 9.17 Å². The molecule has 0 bridgehead atoms. The monoisotopic (exact) mass is 271 g/mol. The molecule has 0 saturated carbocycles. The van der Waals surface area contributed by atoms with Crippen LogP contribution in [-0.2, 0) is 20.2 Å². The Hall–Kier alpha value is -1.31. The maximum Gasteiger partial charge on any atom is 0.329 e. The Kier molecular flexibility index (Phi) is 3.51. The van der Waals surface area contributed by atoms with Crippen LogP contribution in [0.4, 0.5) is 0 Å². The minimum atomic E-state index is -3.49. The molecule has 0 aliphatic heterocycles. The van der Waals surface area contributed by atoms with Gasteiger partial charge in [0, 0.05) is 29.3 Å². The predicted octanol–water partition coefficient (Wildman–Crippen LogP) is 1.03. The second-order valence-corrected chi connectivity index (χ2v) is 5.89. The zero-order valence-corrected chi connectivity index (χ0v) is 10.7. The van der Waals surface area contributed by atoms with Gasteiger partial charge in [0.2, 0.25) is 0 Å². The molecule has 2 heterocycles. The van der Waals surface area contributed by atoms with E-state index in [1.54, 1.807) is 18.6 Å². The molecule has 7 heteroatoms. The van der Waals surface area contributed by atoms with Gasteiger partial charge < -0.3 is 0 Å². The van der Waals surface area contributed by atoms with E-state index in [0.717, 1.165) is 17.7 Å². The molecule has 0 atom stereocenters. The fraction of sp³-hybridized carbons (Fsp3) is 0.200. The predicted molar refractivity (Wildman–Crippen MR) is 63.7 cm³/mol. The van der Waals surface area contributed by atoms with E-state index >= 15 is 0 Å². The van der Waals surface area contributed by atoms with Crippen LogP contribution >= 0.6 is 11.3 Å². The molecule has 0 saturated heterocycles. The molecule has 0 amide bonds. The summed E-state index contributed by atoms with van der Waals surface area (Å²) in [6.45, 7) is 0. The van der Waals surface area contributed by atoms with Crippen molar-refractivity contribution >= 4 is 21.5 Å². The fourth-order valence-electron chi connectivity index (χ4n) is 1.29. The van der Waals surface area contributed by atoms with Gasteiger partial charge in [0.25, 0.3) is 5.88 Å². The van der Waals surface area contributed by atoms with Gasteiger partial charge in [-0.1, -0.05) is 0 Å². The summed E-state index contributed by atoms with van der Waals surface area (Å²) in [7, 11) is -2.34. The normalized spacial score (nSPS) is 11.6. The lowest BCUT2D eigenvalue weighted by Gasteiger charge is -1.98. The quantitative estimate of drug-likeness (QED) is 0.615. The van der Waals surface area contributed by atoms with Gasteiger partial charge in [0.15, 0.2) is 12.4 Å². The second-order valence-electron chi connectivity index (χ2n) is 3.29. The van der Waals surface area contributed by atoms with Gasteiger partial charge in [0.1, 0.15) is 5.01 Å². The molecule has 90 valence electrons. The summed E-state index contributed by atoms with van der Waals surface area (Å²) >= 11 is 1.54. The Morgan fingerprint density at radius 2 is 2.12 bits per heavy atom. The van der Waals surface area contributed by atoms with E-state index in [0.29, 0.717) is 0 Å². The number of thiazole rings is 1. The molecule has 5 nitrogen and oxygen atoms in total. The van der Waals surface area contributed by atoms with Crippen LogP contribution in [0.3, 0.4) is 0 Å². The van der Waals surface area contributed by atoms with Crippen molar-refractivity contribution < 1.29 is 17.2 Å². The maximum atomic E-state index is 11.2. The molecule has 0 unspecified atom stereocenters.